The Labute approximate surface area is 94.3 Å². The van der Waals surface area contributed by atoms with Gasteiger partial charge in [0.1, 0.15) is 0 Å². The topological polar surface area (TPSA) is 66.4 Å². The number of benzene rings is 1. The van der Waals surface area contributed by atoms with Gasteiger partial charge < -0.3 is 10.4 Å². The maximum atomic E-state index is 11.5. The second kappa shape index (κ2) is 5.90. The molecule has 1 unspecified atom stereocenters. The lowest BCUT2D eigenvalue weighted by Gasteiger charge is -2.11. The number of carbonyl (C=O) groups is 2. The molecule has 4 nitrogen and oxygen atoms in total. The summed E-state index contributed by atoms with van der Waals surface area (Å²) in [6.07, 6.45) is 0.228. The van der Waals surface area contributed by atoms with E-state index < -0.39 is 5.97 Å². The monoisotopic (exact) mass is 221 g/mol. The van der Waals surface area contributed by atoms with Crippen LogP contribution in [0.5, 0.6) is 0 Å². The minimum atomic E-state index is -0.910. The van der Waals surface area contributed by atoms with E-state index in [0.29, 0.717) is 0 Å². The summed E-state index contributed by atoms with van der Waals surface area (Å²) < 4.78 is 0. The predicted octanol–water partition coefficient (Wildman–Crippen LogP) is 1.21. The molecule has 0 saturated heterocycles. The van der Waals surface area contributed by atoms with E-state index in [4.69, 9.17) is 5.11 Å². The molecule has 4 heteroatoms. The van der Waals surface area contributed by atoms with Gasteiger partial charge in [-0.1, -0.05) is 30.3 Å². The second-order valence-electron chi connectivity index (χ2n) is 3.73. The summed E-state index contributed by atoms with van der Waals surface area (Å²) in [4.78, 5) is 21.9. The summed E-state index contributed by atoms with van der Waals surface area (Å²) in [7, 11) is 0. The lowest BCUT2D eigenvalue weighted by atomic mass is 10.1. The first kappa shape index (κ1) is 12.2. The van der Waals surface area contributed by atoms with E-state index >= 15 is 0 Å². The molecule has 2 N–H and O–H groups in total. The van der Waals surface area contributed by atoms with Crippen LogP contribution in [0.15, 0.2) is 30.3 Å². The first-order valence-corrected chi connectivity index (χ1v) is 5.13. The molecule has 0 radical (unpaired) electrons. The van der Waals surface area contributed by atoms with Crippen LogP contribution in [0.1, 0.15) is 18.9 Å². The number of amides is 1. The molecule has 0 aliphatic carbocycles. The third kappa shape index (κ3) is 4.59. The van der Waals surface area contributed by atoms with Gasteiger partial charge in [0, 0.05) is 6.04 Å². The first-order valence-electron chi connectivity index (χ1n) is 5.13. The molecular formula is C12H15NO3. The Bertz CT molecular complexity index is 362. The largest absolute Gasteiger partial charge is 0.481 e. The van der Waals surface area contributed by atoms with E-state index in [1.54, 1.807) is 6.92 Å². The summed E-state index contributed by atoms with van der Waals surface area (Å²) in [5, 5.41) is 11.2. The van der Waals surface area contributed by atoms with Crippen molar-refractivity contribution in [3.8, 4) is 0 Å². The zero-order valence-electron chi connectivity index (χ0n) is 9.14. The van der Waals surface area contributed by atoms with Crippen molar-refractivity contribution in [2.45, 2.75) is 25.8 Å². The summed E-state index contributed by atoms with van der Waals surface area (Å²) in [6.45, 7) is 1.68. The highest BCUT2D eigenvalue weighted by atomic mass is 16.4. The van der Waals surface area contributed by atoms with Gasteiger partial charge in [-0.2, -0.15) is 0 Å². The summed E-state index contributed by atoms with van der Waals surface area (Å²) in [5.74, 6) is -1.06. The van der Waals surface area contributed by atoms with E-state index in [1.165, 1.54) is 0 Å². The quantitative estimate of drug-likeness (QED) is 0.785. The van der Waals surface area contributed by atoms with E-state index in [1.807, 2.05) is 30.3 Å². The van der Waals surface area contributed by atoms with Crippen molar-refractivity contribution in [1.29, 1.82) is 0 Å². The maximum absolute atomic E-state index is 11.5. The molecule has 1 rings (SSSR count). The minimum absolute atomic E-state index is 0.0550. The number of carbonyl (C=O) groups excluding carboxylic acids is 1. The van der Waals surface area contributed by atoms with Gasteiger partial charge in [-0.25, -0.2) is 0 Å². The molecule has 0 aromatic heterocycles. The Morgan fingerprint density at radius 1 is 1.31 bits per heavy atom. The van der Waals surface area contributed by atoms with Crippen LogP contribution < -0.4 is 5.32 Å². The third-order valence-corrected chi connectivity index (χ3v) is 2.10. The number of rotatable bonds is 5. The number of carboxylic acid groups (broad SMARTS) is 1. The molecule has 0 aliphatic heterocycles. The van der Waals surface area contributed by atoms with Crippen molar-refractivity contribution in [3.63, 3.8) is 0 Å². The molecule has 1 amide bonds. The fourth-order valence-corrected chi connectivity index (χ4v) is 1.42. The van der Waals surface area contributed by atoms with Gasteiger partial charge >= 0.3 is 5.97 Å². The molecule has 1 aromatic carbocycles. The van der Waals surface area contributed by atoms with E-state index in [-0.39, 0.29) is 24.8 Å². The Kier molecular flexibility index (Phi) is 4.51. The van der Waals surface area contributed by atoms with Crippen molar-refractivity contribution in [2.24, 2.45) is 0 Å². The molecule has 0 heterocycles. The third-order valence-electron chi connectivity index (χ3n) is 2.10. The van der Waals surface area contributed by atoms with Crippen LogP contribution in [-0.4, -0.2) is 23.0 Å². The molecule has 1 aromatic rings. The smallest absolute Gasteiger partial charge is 0.305 e. The zero-order chi connectivity index (χ0) is 12.0. The number of hydrogen-bond acceptors (Lipinski definition) is 2. The standard InChI is InChI=1S/C12H15NO3/c1-9(7-12(15)16)13-11(14)8-10-5-3-2-4-6-10/h2-6,9H,7-8H2,1H3,(H,13,14)(H,15,16). The van der Waals surface area contributed by atoms with Gasteiger partial charge in [-0.05, 0) is 12.5 Å². The Balaban J connectivity index is 2.39. The lowest BCUT2D eigenvalue weighted by Crippen LogP contribution is -2.35. The SMILES string of the molecule is CC(CC(=O)O)NC(=O)Cc1ccccc1. The van der Waals surface area contributed by atoms with Gasteiger partial charge in [0.15, 0.2) is 0 Å². The Morgan fingerprint density at radius 2 is 1.94 bits per heavy atom. The molecule has 0 spiro atoms. The van der Waals surface area contributed by atoms with E-state index in [2.05, 4.69) is 5.32 Å². The van der Waals surface area contributed by atoms with Crippen LogP contribution in [-0.2, 0) is 16.0 Å². The average molecular weight is 221 g/mol. The number of aliphatic carboxylic acids is 1. The molecule has 0 saturated carbocycles. The summed E-state index contributed by atoms with van der Waals surface area (Å²) in [5.41, 5.74) is 0.919. The summed E-state index contributed by atoms with van der Waals surface area (Å²) in [6, 6.07) is 9.00. The normalized spacial score (nSPS) is 11.8. The average Bonchev–Trinajstić information content (AvgIpc) is 2.17. The van der Waals surface area contributed by atoms with E-state index in [9.17, 15) is 9.59 Å². The predicted molar refractivity (Wildman–Crippen MR) is 60.0 cm³/mol. The Hall–Kier alpha value is -1.84. The van der Waals surface area contributed by atoms with Gasteiger partial charge in [-0.3, -0.25) is 9.59 Å². The highest BCUT2D eigenvalue weighted by Gasteiger charge is 2.10. The first-order chi connectivity index (χ1) is 7.58. The fraction of sp³-hybridized carbons (Fsp3) is 0.333. The van der Waals surface area contributed by atoms with Gasteiger partial charge in [0.25, 0.3) is 0 Å². The van der Waals surface area contributed by atoms with Gasteiger partial charge in [-0.15, -0.1) is 0 Å². The van der Waals surface area contributed by atoms with Crippen molar-refractivity contribution in [1.82, 2.24) is 5.32 Å². The number of hydrogen-bond donors (Lipinski definition) is 2. The van der Waals surface area contributed by atoms with Gasteiger partial charge in [0.05, 0.1) is 12.8 Å². The van der Waals surface area contributed by atoms with Crippen LogP contribution >= 0.6 is 0 Å². The van der Waals surface area contributed by atoms with Crippen molar-refractivity contribution in [2.75, 3.05) is 0 Å². The zero-order valence-corrected chi connectivity index (χ0v) is 9.14. The number of carboxylic acids is 1. The Morgan fingerprint density at radius 3 is 2.50 bits per heavy atom. The van der Waals surface area contributed by atoms with Crippen LogP contribution in [0.4, 0.5) is 0 Å². The van der Waals surface area contributed by atoms with Crippen molar-refractivity contribution in [3.05, 3.63) is 35.9 Å². The van der Waals surface area contributed by atoms with Crippen LogP contribution in [0.3, 0.4) is 0 Å². The van der Waals surface area contributed by atoms with Crippen molar-refractivity contribution >= 4 is 11.9 Å². The molecule has 86 valence electrons. The highest BCUT2D eigenvalue weighted by molar-refractivity contribution is 5.79. The molecule has 0 bridgehead atoms. The lowest BCUT2D eigenvalue weighted by molar-refractivity contribution is -0.137. The summed E-state index contributed by atoms with van der Waals surface area (Å²) >= 11 is 0. The van der Waals surface area contributed by atoms with Crippen molar-refractivity contribution < 1.29 is 14.7 Å². The second-order valence-corrected chi connectivity index (χ2v) is 3.73. The molecule has 16 heavy (non-hydrogen) atoms. The van der Waals surface area contributed by atoms with Gasteiger partial charge in [0.2, 0.25) is 5.91 Å². The van der Waals surface area contributed by atoms with Crippen LogP contribution in [0.2, 0.25) is 0 Å². The molecule has 0 fully saturated rings. The fourth-order valence-electron chi connectivity index (χ4n) is 1.42. The van der Waals surface area contributed by atoms with Crippen LogP contribution in [0, 0.1) is 0 Å². The molecule has 0 aliphatic rings. The maximum Gasteiger partial charge on any atom is 0.305 e. The number of nitrogens with one attached hydrogen (secondary N) is 1. The minimum Gasteiger partial charge on any atom is -0.481 e. The van der Waals surface area contributed by atoms with E-state index in [0.717, 1.165) is 5.56 Å². The highest BCUT2D eigenvalue weighted by Crippen LogP contribution is 2.00. The molecule has 1 atom stereocenters. The van der Waals surface area contributed by atoms with Crippen LogP contribution in [0.25, 0.3) is 0 Å². The molecular weight excluding hydrogens is 206 g/mol.